The van der Waals surface area contributed by atoms with Crippen molar-refractivity contribution < 1.29 is 22.7 Å². The second-order valence-electron chi connectivity index (χ2n) is 7.56. The molecule has 1 N–H and O–H groups in total. The van der Waals surface area contributed by atoms with Gasteiger partial charge in [-0.1, -0.05) is 11.6 Å². The Labute approximate surface area is 203 Å². The molecule has 7 nitrogen and oxygen atoms in total. The zero-order valence-corrected chi connectivity index (χ0v) is 19.3. The maximum atomic E-state index is 13.1. The summed E-state index contributed by atoms with van der Waals surface area (Å²) in [6.07, 6.45) is 0.545. The SMILES string of the molecule is CN(C(=O)Nc1ccc(Cl)c(C(F)(F)F)c1)c1ccc(Oc2ccnc(-c3cnn(C)c3)c2)cc1. The Morgan fingerprint density at radius 1 is 1.09 bits per heavy atom. The van der Waals surface area contributed by atoms with E-state index in [1.54, 1.807) is 53.5 Å². The van der Waals surface area contributed by atoms with Gasteiger partial charge in [-0.25, -0.2) is 4.79 Å². The number of alkyl halides is 3. The first kappa shape index (κ1) is 24.1. The highest BCUT2D eigenvalue weighted by Gasteiger charge is 2.33. The Balaban J connectivity index is 1.43. The van der Waals surface area contributed by atoms with Crippen LogP contribution < -0.4 is 15.0 Å². The number of benzene rings is 2. The highest BCUT2D eigenvalue weighted by molar-refractivity contribution is 6.31. The summed E-state index contributed by atoms with van der Waals surface area (Å²) >= 11 is 5.63. The van der Waals surface area contributed by atoms with Gasteiger partial charge in [-0.3, -0.25) is 14.6 Å². The van der Waals surface area contributed by atoms with Gasteiger partial charge < -0.3 is 10.1 Å². The van der Waals surface area contributed by atoms with Crippen LogP contribution in [-0.4, -0.2) is 27.8 Å². The third-order valence-electron chi connectivity index (χ3n) is 5.02. The van der Waals surface area contributed by atoms with Gasteiger partial charge in [0.2, 0.25) is 0 Å². The van der Waals surface area contributed by atoms with Gasteiger partial charge in [0, 0.05) is 49.5 Å². The number of hydrogen-bond donors (Lipinski definition) is 1. The zero-order chi connectivity index (χ0) is 25.2. The van der Waals surface area contributed by atoms with Crippen molar-refractivity contribution in [3.63, 3.8) is 0 Å². The van der Waals surface area contributed by atoms with Crippen LogP contribution in [-0.2, 0) is 13.2 Å². The van der Waals surface area contributed by atoms with Crippen molar-refractivity contribution >= 4 is 29.0 Å². The summed E-state index contributed by atoms with van der Waals surface area (Å²) in [6, 6.07) is 12.7. The van der Waals surface area contributed by atoms with Gasteiger partial charge in [0.1, 0.15) is 11.5 Å². The molecule has 0 aliphatic rings. The number of halogens is 4. The number of aryl methyl sites for hydroxylation is 1. The van der Waals surface area contributed by atoms with Crippen LogP contribution in [0.3, 0.4) is 0 Å². The standard InChI is InChI=1S/C24H19ClF3N5O2/c1-32-14-15(13-30-32)22-12-19(9-10-29-22)35-18-6-4-17(5-7-18)33(2)23(34)31-16-3-8-21(25)20(11-16)24(26,27)28/h3-14H,1-2H3,(H,31,34). The predicted octanol–water partition coefficient (Wildman–Crippen LogP) is 6.61. The molecule has 0 aliphatic carbocycles. The number of amides is 2. The first-order valence-electron chi connectivity index (χ1n) is 10.2. The van der Waals surface area contributed by atoms with Gasteiger partial charge >= 0.3 is 12.2 Å². The van der Waals surface area contributed by atoms with E-state index in [0.717, 1.165) is 17.7 Å². The number of nitrogens with one attached hydrogen (secondary N) is 1. The summed E-state index contributed by atoms with van der Waals surface area (Å²) in [7, 11) is 3.31. The predicted molar refractivity (Wildman–Crippen MR) is 127 cm³/mol. The van der Waals surface area contributed by atoms with Gasteiger partial charge in [-0.15, -0.1) is 0 Å². The Hall–Kier alpha value is -4.05. The van der Waals surface area contributed by atoms with Crippen LogP contribution in [0.5, 0.6) is 11.5 Å². The van der Waals surface area contributed by atoms with Gasteiger partial charge in [0.15, 0.2) is 0 Å². The Morgan fingerprint density at radius 2 is 1.83 bits per heavy atom. The summed E-state index contributed by atoms with van der Waals surface area (Å²) in [4.78, 5) is 18.2. The molecule has 2 heterocycles. The molecular weight excluding hydrogens is 483 g/mol. The van der Waals surface area contributed by atoms with E-state index in [9.17, 15) is 18.0 Å². The normalized spacial score (nSPS) is 11.3. The third kappa shape index (κ3) is 5.72. The van der Waals surface area contributed by atoms with Crippen LogP contribution in [0.15, 0.2) is 73.2 Å². The molecule has 0 atom stereocenters. The maximum Gasteiger partial charge on any atom is 0.417 e. The summed E-state index contributed by atoms with van der Waals surface area (Å²) in [5.41, 5.74) is 1.01. The number of ether oxygens (including phenoxy) is 1. The molecule has 0 radical (unpaired) electrons. The lowest BCUT2D eigenvalue weighted by Crippen LogP contribution is -2.31. The Morgan fingerprint density at radius 3 is 2.49 bits per heavy atom. The molecule has 0 fully saturated rings. The fourth-order valence-electron chi connectivity index (χ4n) is 3.20. The van der Waals surface area contributed by atoms with Crippen molar-refractivity contribution in [1.82, 2.24) is 14.8 Å². The largest absolute Gasteiger partial charge is 0.457 e. The van der Waals surface area contributed by atoms with Gasteiger partial charge in [-0.2, -0.15) is 18.3 Å². The van der Waals surface area contributed by atoms with E-state index in [-0.39, 0.29) is 5.69 Å². The van der Waals surface area contributed by atoms with E-state index in [4.69, 9.17) is 16.3 Å². The minimum Gasteiger partial charge on any atom is -0.457 e. The van der Waals surface area contributed by atoms with E-state index < -0.39 is 22.8 Å². The Kier molecular flexibility index (Phi) is 6.65. The van der Waals surface area contributed by atoms with Crippen molar-refractivity contribution in [1.29, 1.82) is 0 Å². The van der Waals surface area contributed by atoms with Gasteiger partial charge in [0.25, 0.3) is 0 Å². The number of carbonyl (C=O) groups is 1. The quantitative estimate of drug-likeness (QED) is 0.334. The lowest BCUT2D eigenvalue weighted by Gasteiger charge is -2.19. The molecule has 180 valence electrons. The first-order valence-corrected chi connectivity index (χ1v) is 10.6. The van der Waals surface area contributed by atoms with E-state index in [2.05, 4.69) is 15.4 Å². The number of urea groups is 1. The fourth-order valence-corrected chi connectivity index (χ4v) is 3.43. The number of hydrogen-bond acceptors (Lipinski definition) is 4. The number of carbonyl (C=O) groups excluding carboxylic acids is 1. The van der Waals surface area contributed by atoms with E-state index in [0.29, 0.717) is 22.9 Å². The van der Waals surface area contributed by atoms with E-state index >= 15 is 0 Å². The minimum absolute atomic E-state index is 0.0272. The second-order valence-corrected chi connectivity index (χ2v) is 7.96. The fraction of sp³-hybridized carbons (Fsp3) is 0.125. The second kappa shape index (κ2) is 9.67. The number of pyridine rings is 1. The molecule has 2 aromatic carbocycles. The smallest absolute Gasteiger partial charge is 0.417 e. The number of anilines is 2. The van der Waals surface area contributed by atoms with Gasteiger partial charge in [-0.05, 0) is 48.5 Å². The van der Waals surface area contributed by atoms with Crippen molar-refractivity contribution in [2.24, 2.45) is 7.05 Å². The first-order chi connectivity index (χ1) is 16.6. The molecule has 0 aliphatic heterocycles. The molecule has 2 amide bonds. The summed E-state index contributed by atoms with van der Waals surface area (Å²) in [6.45, 7) is 0. The number of aromatic nitrogens is 3. The average Bonchev–Trinajstić information content (AvgIpc) is 3.26. The zero-order valence-electron chi connectivity index (χ0n) is 18.5. The summed E-state index contributed by atoms with van der Waals surface area (Å²) in [5, 5.41) is 6.13. The summed E-state index contributed by atoms with van der Waals surface area (Å²) in [5.74, 6) is 1.10. The van der Waals surface area contributed by atoms with Crippen LogP contribution in [0.4, 0.5) is 29.3 Å². The van der Waals surface area contributed by atoms with Crippen LogP contribution in [0.25, 0.3) is 11.3 Å². The van der Waals surface area contributed by atoms with E-state index in [1.807, 2.05) is 13.2 Å². The van der Waals surface area contributed by atoms with Crippen molar-refractivity contribution in [3.8, 4) is 22.8 Å². The van der Waals surface area contributed by atoms with Crippen molar-refractivity contribution in [2.75, 3.05) is 17.3 Å². The highest BCUT2D eigenvalue weighted by Crippen LogP contribution is 2.36. The average molecular weight is 502 g/mol. The number of nitrogens with zero attached hydrogens (tertiary/aromatic N) is 4. The van der Waals surface area contributed by atoms with E-state index in [1.165, 1.54) is 18.0 Å². The van der Waals surface area contributed by atoms with Crippen molar-refractivity contribution in [3.05, 3.63) is 83.8 Å². The van der Waals surface area contributed by atoms with Crippen LogP contribution in [0.2, 0.25) is 5.02 Å². The van der Waals surface area contributed by atoms with Crippen LogP contribution >= 0.6 is 11.6 Å². The van der Waals surface area contributed by atoms with Crippen molar-refractivity contribution in [2.45, 2.75) is 6.18 Å². The lowest BCUT2D eigenvalue weighted by atomic mass is 10.2. The van der Waals surface area contributed by atoms with Crippen LogP contribution in [0, 0.1) is 0 Å². The molecule has 4 aromatic rings. The molecule has 11 heteroatoms. The molecular formula is C24H19ClF3N5O2. The molecule has 0 spiro atoms. The minimum atomic E-state index is -4.63. The monoisotopic (exact) mass is 501 g/mol. The molecule has 0 unspecified atom stereocenters. The van der Waals surface area contributed by atoms with Crippen LogP contribution in [0.1, 0.15) is 5.56 Å². The highest BCUT2D eigenvalue weighted by atomic mass is 35.5. The topological polar surface area (TPSA) is 72.3 Å². The van der Waals surface area contributed by atoms with Gasteiger partial charge in [0.05, 0.1) is 22.5 Å². The molecule has 2 aromatic heterocycles. The molecule has 35 heavy (non-hydrogen) atoms. The third-order valence-corrected chi connectivity index (χ3v) is 5.35. The Bertz CT molecular complexity index is 1360. The maximum absolute atomic E-state index is 13.1. The molecule has 4 rings (SSSR count). The molecule has 0 saturated heterocycles. The summed E-state index contributed by atoms with van der Waals surface area (Å²) < 4.78 is 46.8. The lowest BCUT2D eigenvalue weighted by molar-refractivity contribution is -0.137. The molecule has 0 saturated carbocycles. The number of rotatable bonds is 5. The molecule has 0 bridgehead atoms.